The number of hydrogen-bond acceptors (Lipinski definition) is 1. The third-order valence-electron chi connectivity index (χ3n) is 1.26. The number of halogens is 1. The molecule has 0 spiro atoms. The van der Waals surface area contributed by atoms with Gasteiger partial charge in [0.2, 0.25) is 0 Å². The molecular formula is C8H9FO. The van der Waals surface area contributed by atoms with Gasteiger partial charge in [0.1, 0.15) is 11.6 Å². The van der Waals surface area contributed by atoms with Gasteiger partial charge in [0.15, 0.2) is 0 Å². The van der Waals surface area contributed by atoms with Gasteiger partial charge in [-0.15, -0.1) is 0 Å². The highest BCUT2D eigenvalue weighted by Gasteiger charge is 1.96. The molecule has 0 radical (unpaired) electrons. The number of rotatable bonds is 1. The summed E-state index contributed by atoms with van der Waals surface area (Å²) < 4.78 is 37.7. The van der Waals surface area contributed by atoms with Crippen LogP contribution in [0.15, 0.2) is 18.2 Å². The van der Waals surface area contributed by atoms with Crippen LogP contribution in [0.25, 0.3) is 0 Å². The Kier molecular flexibility index (Phi) is 1.07. The molecule has 2 heteroatoms. The van der Waals surface area contributed by atoms with E-state index >= 15 is 0 Å². The Hall–Kier alpha value is -1.05. The zero-order chi connectivity index (χ0) is 10.1. The van der Waals surface area contributed by atoms with Crippen molar-refractivity contribution in [1.29, 1.82) is 0 Å². The molecule has 0 saturated carbocycles. The van der Waals surface area contributed by atoms with Crippen LogP contribution in [-0.4, -0.2) is 7.04 Å². The Bertz CT molecular complexity index is 309. The largest absolute Gasteiger partial charge is 0.497 e. The van der Waals surface area contributed by atoms with Crippen LogP contribution >= 0.6 is 0 Å². The molecule has 54 valence electrons. The maximum atomic E-state index is 12.9. The highest BCUT2D eigenvalue weighted by atomic mass is 19.1. The predicted octanol–water partition coefficient (Wildman–Crippen LogP) is 2.14. The van der Waals surface area contributed by atoms with E-state index in [-0.39, 0.29) is 5.75 Å². The molecule has 0 bridgehead atoms. The Morgan fingerprint density at radius 3 is 3.00 bits per heavy atom. The van der Waals surface area contributed by atoms with Gasteiger partial charge in [0, 0.05) is 6.07 Å². The maximum absolute atomic E-state index is 12.9. The molecule has 0 aliphatic rings. The molecule has 0 heterocycles. The molecule has 0 aliphatic heterocycles. The second-order valence-corrected chi connectivity index (χ2v) is 2.01. The van der Waals surface area contributed by atoms with Crippen LogP contribution in [0.5, 0.6) is 5.75 Å². The molecule has 0 amide bonds. The molecule has 10 heavy (non-hydrogen) atoms. The van der Waals surface area contributed by atoms with E-state index in [1.54, 1.807) is 6.92 Å². The van der Waals surface area contributed by atoms with Gasteiger partial charge < -0.3 is 4.74 Å². The normalized spacial score (nSPS) is 15.2. The van der Waals surface area contributed by atoms with E-state index < -0.39 is 12.9 Å². The van der Waals surface area contributed by atoms with Crippen molar-refractivity contribution in [1.82, 2.24) is 0 Å². The predicted molar refractivity (Wildman–Crippen MR) is 37.7 cm³/mol. The smallest absolute Gasteiger partial charge is 0.129 e. The minimum atomic E-state index is -2.53. The average molecular weight is 143 g/mol. The van der Waals surface area contributed by atoms with Crippen LogP contribution in [0.1, 0.15) is 9.68 Å². The van der Waals surface area contributed by atoms with Crippen LogP contribution in [0.4, 0.5) is 4.39 Å². The van der Waals surface area contributed by atoms with Crippen LogP contribution in [0.3, 0.4) is 0 Å². The van der Waals surface area contributed by atoms with Crippen LogP contribution < -0.4 is 4.74 Å². The van der Waals surface area contributed by atoms with Crippen LogP contribution in [0.2, 0.25) is 0 Å². The van der Waals surface area contributed by atoms with Gasteiger partial charge in [-0.3, -0.25) is 0 Å². The zero-order valence-electron chi connectivity index (χ0n) is 8.52. The lowest BCUT2D eigenvalue weighted by molar-refractivity contribution is 0.411. The molecule has 0 unspecified atom stereocenters. The average Bonchev–Trinajstić information content (AvgIpc) is 1.94. The van der Waals surface area contributed by atoms with E-state index in [4.69, 9.17) is 4.11 Å². The molecule has 0 aromatic heterocycles. The van der Waals surface area contributed by atoms with E-state index in [1.165, 1.54) is 12.1 Å². The molecule has 1 rings (SSSR count). The third-order valence-corrected chi connectivity index (χ3v) is 1.26. The van der Waals surface area contributed by atoms with E-state index in [1.807, 2.05) is 0 Å². The first-order valence-corrected chi connectivity index (χ1v) is 2.84. The van der Waals surface area contributed by atoms with Crippen molar-refractivity contribution >= 4 is 0 Å². The first kappa shape index (κ1) is 3.96. The van der Waals surface area contributed by atoms with E-state index in [0.717, 1.165) is 6.07 Å². The standard InChI is InChI=1S/C8H9FO/c1-6-3-4-7(10-2)5-8(6)9/h3-5H,1-2H3/i2D3. The lowest BCUT2D eigenvalue weighted by Gasteiger charge is -1.99. The molecule has 0 saturated heterocycles. The highest BCUT2D eigenvalue weighted by molar-refractivity contribution is 5.27. The maximum Gasteiger partial charge on any atom is 0.129 e. The molecule has 0 fully saturated rings. The van der Waals surface area contributed by atoms with Crippen molar-refractivity contribution in [3.63, 3.8) is 0 Å². The Labute approximate surface area is 63.7 Å². The summed E-state index contributed by atoms with van der Waals surface area (Å²) >= 11 is 0. The summed E-state index contributed by atoms with van der Waals surface area (Å²) in [4.78, 5) is 0. The lowest BCUT2D eigenvalue weighted by atomic mass is 10.2. The van der Waals surface area contributed by atoms with Crippen LogP contribution in [-0.2, 0) is 0 Å². The van der Waals surface area contributed by atoms with Crippen molar-refractivity contribution in [2.24, 2.45) is 0 Å². The number of benzene rings is 1. The highest BCUT2D eigenvalue weighted by Crippen LogP contribution is 2.14. The summed E-state index contributed by atoms with van der Waals surface area (Å²) in [6, 6.07) is 3.95. The summed E-state index contributed by atoms with van der Waals surface area (Å²) in [5.74, 6) is -0.454. The minimum Gasteiger partial charge on any atom is -0.497 e. The Balaban J connectivity index is 2.86. The molecule has 0 N–H and O–H groups in total. The fourth-order valence-electron chi connectivity index (χ4n) is 0.637. The number of methoxy groups -OCH3 is 1. The van der Waals surface area contributed by atoms with E-state index in [2.05, 4.69) is 4.74 Å². The topological polar surface area (TPSA) is 9.23 Å². The molecule has 0 aliphatic carbocycles. The van der Waals surface area contributed by atoms with Gasteiger partial charge in [-0.1, -0.05) is 6.07 Å². The van der Waals surface area contributed by atoms with E-state index in [9.17, 15) is 4.39 Å². The summed E-state index contributed by atoms with van der Waals surface area (Å²) in [5.41, 5.74) is 0.456. The molecule has 1 aromatic rings. The summed E-state index contributed by atoms with van der Waals surface area (Å²) in [5, 5.41) is 0. The van der Waals surface area contributed by atoms with E-state index in [0.29, 0.717) is 5.56 Å². The Morgan fingerprint density at radius 1 is 1.60 bits per heavy atom. The number of hydrogen-bond donors (Lipinski definition) is 0. The van der Waals surface area contributed by atoms with Gasteiger partial charge in [0.25, 0.3) is 0 Å². The summed E-state index contributed by atoms with van der Waals surface area (Å²) in [6.45, 7) is 1.59. The number of ether oxygens (including phenoxy) is 1. The number of aryl methyl sites for hydroxylation is 1. The minimum absolute atomic E-state index is 0.0168. The SMILES string of the molecule is [2H]C([2H])([2H])Oc1ccc(C)c(F)c1. The van der Waals surface area contributed by atoms with Gasteiger partial charge in [-0.05, 0) is 18.6 Å². The second kappa shape index (κ2) is 2.69. The lowest BCUT2D eigenvalue weighted by Crippen LogP contribution is -1.85. The summed E-state index contributed by atoms with van der Waals surface area (Å²) in [7, 11) is -2.53. The zero-order valence-corrected chi connectivity index (χ0v) is 5.52. The van der Waals surface area contributed by atoms with Crippen molar-refractivity contribution in [3.05, 3.63) is 29.6 Å². The molecular weight excluding hydrogens is 131 g/mol. The fraction of sp³-hybridized carbons (Fsp3) is 0.250. The van der Waals surface area contributed by atoms with Crippen molar-refractivity contribution in [2.45, 2.75) is 6.92 Å². The van der Waals surface area contributed by atoms with Gasteiger partial charge in [0.05, 0.1) is 11.2 Å². The Morgan fingerprint density at radius 2 is 2.40 bits per heavy atom. The van der Waals surface area contributed by atoms with Gasteiger partial charge >= 0.3 is 0 Å². The quantitative estimate of drug-likeness (QED) is 0.585. The molecule has 0 atom stereocenters. The molecule has 1 aromatic carbocycles. The van der Waals surface area contributed by atoms with Crippen molar-refractivity contribution in [2.75, 3.05) is 7.04 Å². The fourth-order valence-corrected chi connectivity index (χ4v) is 0.637. The summed E-state index contributed by atoms with van der Waals surface area (Å²) in [6.07, 6.45) is 0. The first-order chi connectivity index (χ1) is 5.88. The monoisotopic (exact) mass is 143 g/mol. The van der Waals surface area contributed by atoms with Gasteiger partial charge in [-0.25, -0.2) is 4.39 Å². The first-order valence-electron chi connectivity index (χ1n) is 4.34. The third kappa shape index (κ3) is 1.26. The van der Waals surface area contributed by atoms with Crippen molar-refractivity contribution < 1.29 is 13.2 Å². The second-order valence-electron chi connectivity index (χ2n) is 2.01. The molecule has 1 nitrogen and oxygen atoms in total. The van der Waals surface area contributed by atoms with Gasteiger partial charge in [-0.2, -0.15) is 0 Å². The van der Waals surface area contributed by atoms with Crippen LogP contribution in [0, 0.1) is 12.7 Å². The van der Waals surface area contributed by atoms with Crippen molar-refractivity contribution in [3.8, 4) is 5.75 Å².